The smallest absolute Gasteiger partial charge is 0.256 e. The standard InChI is InChI=1S/C25H19ClN4O3/c1-30-14-27-12-18(30)13-28-24(31)16-4-2-3-15(9-16)23-8-6-19(33-23)11-21-20-10-17(26)5-7-22(20)29-25(21)32/h2-12,14H,13H2,1H3,(H,28,31)(H,29,32). The fourth-order valence-electron chi connectivity index (χ4n) is 3.67. The van der Waals surface area contributed by atoms with E-state index in [1.165, 1.54) is 0 Å². The number of nitrogens with one attached hydrogen (secondary N) is 2. The van der Waals surface area contributed by atoms with Gasteiger partial charge in [-0.15, -0.1) is 0 Å². The number of halogens is 1. The van der Waals surface area contributed by atoms with E-state index in [-0.39, 0.29) is 11.8 Å². The number of benzene rings is 2. The molecule has 0 saturated carbocycles. The maximum atomic E-state index is 12.6. The van der Waals surface area contributed by atoms with E-state index in [2.05, 4.69) is 15.6 Å². The van der Waals surface area contributed by atoms with Crippen molar-refractivity contribution in [1.82, 2.24) is 14.9 Å². The van der Waals surface area contributed by atoms with E-state index >= 15 is 0 Å². The van der Waals surface area contributed by atoms with Crippen molar-refractivity contribution in [3.8, 4) is 11.3 Å². The van der Waals surface area contributed by atoms with Gasteiger partial charge in [0.15, 0.2) is 0 Å². The van der Waals surface area contributed by atoms with E-state index < -0.39 is 0 Å². The highest BCUT2D eigenvalue weighted by molar-refractivity contribution is 6.36. The summed E-state index contributed by atoms with van der Waals surface area (Å²) in [4.78, 5) is 29.1. The van der Waals surface area contributed by atoms with E-state index in [0.29, 0.717) is 39.9 Å². The molecule has 4 aromatic rings. The number of carbonyl (C=O) groups excluding carboxylic acids is 2. The highest BCUT2D eigenvalue weighted by Gasteiger charge is 2.24. The summed E-state index contributed by atoms with van der Waals surface area (Å²) in [6, 6.07) is 16.0. The molecule has 0 bridgehead atoms. The van der Waals surface area contributed by atoms with E-state index in [1.54, 1.807) is 61.1 Å². The number of anilines is 1. The molecule has 0 fully saturated rings. The molecule has 2 amide bonds. The number of aromatic nitrogens is 2. The molecule has 2 N–H and O–H groups in total. The van der Waals surface area contributed by atoms with E-state index in [1.807, 2.05) is 23.7 Å². The van der Waals surface area contributed by atoms with Gasteiger partial charge in [-0.2, -0.15) is 0 Å². The maximum Gasteiger partial charge on any atom is 0.256 e. The summed E-state index contributed by atoms with van der Waals surface area (Å²) in [6.45, 7) is 0.381. The summed E-state index contributed by atoms with van der Waals surface area (Å²) < 4.78 is 7.82. The predicted molar refractivity (Wildman–Crippen MR) is 126 cm³/mol. The lowest BCUT2D eigenvalue weighted by Crippen LogP contribution is -2.23. The first kappa shape index (κ1) is 20.8. The number of furan rings is 1. The number of nitrogens with zero attached hydrogens (tertiary/aromatic N) is 2. The Labute approximate surface area is 194 Å². The summed E-state index contributed by atoms with van der Waals surface area (Å²) >= 11 is 6.10. The molecule has 5 rings (SSSR count). The van der Waals surface area contributed by atoms with E-state index in [0.717, 1.165) is 16.8 Å². The van der Waals surface area contributed by atoms with Gasteiger partial charge in [0.05, 0.1) is 24.1 Å². The zero-order valence-electron chi connectivity index (χ0n) is 17.6. The van der Waals surface area contributed by atoms with Crippen molar-refractivity contribution in [2.75, 3.05) is 5.32 Å². The Morgan fingerprint density at radius 3 is 2.91 bits per heavy atom. The minimum absolute atomic E-state index is 0.192. The summed E-state index contributed by atoms with van der Waals surface area (Å²) in [5.41, 5.74) is 4.11. The SMILES string of the molecule is Cn1cncc1CNC(=O)c1cccc(-c2ccc(C=C3C(=O)Nc4ccc(Cl)cc43)o2)c1. The van der Waals surface area contributed by atoms with Crippen molar-refractivity contribution in [2.45, 2.75) is 6.54 Å². The molecule has 33 heavy (non-hydrogen) atoms. The Hall–Kier alpha value is -4.10. The zero-order chi connectivity index (χ0) is 22.9. The second-order valence-corrected chi connectivity index (χ2v) is 8.10. The second-order valence-electron chi connectivity index (χ2n) is 7.66. The topological polar surface area (TPSA) is 89.2 Å². The first-order chi connectivity index (χ1) is 16.0. The minimum Gasteiger partial charge on any atom is -0.457 e. The highest BCUT2D eigenvalue weighted by atomic mass is 35.5. The van der Waals surface area contributed by atoms with Crippen molar-refractivity contribution in [3.05, 3.63) is 94.7 Å². The molecule has 2 aromatic carbocycles. The summed E-state index contributed by atoms with van der Waals surface area (Å²) in [5.74, 6) is 0.710. The van der Waals surface area contributed by atoms with Crippen molar-refractivity contribution in [2.24, 2.45) is 7.05 Å². The average molecular weight is 459 g/mol. The van der Waals surface area contributed by atoms with Gasteiger partial charge in [-0.1, -0.05) is 23.7 Å². The van der Waals surface area contributed by atoms with Crippen LogP contribution >= 0.6 is 11.6 Å². The molecule has 1 aliphatic rings. The molecule has 3 heterocycles. The van der Waals surface area contributed by atoms with Gasteiger partial charge in [0, 0.05) is 40.6 Å². The Morgan fingerprint density at radius 2 is 2.09 bits per heavy atom. The minimum atomic E-state index is -0.211. The number of amides is 2. The number of rotatable bonds is 5. The summed E-state index contributed by atoms with van der Waals surface area (Å²) in [5, 5.41) is 6.27. The molecular weight excluding hydrogens is 440 g/mol. The lowest BCUT2D eigenvalue weighted by molar-refractivity contribution is -0.110. The van der Waals surface area contributed by atoms with Crippen molar-refractivity contribution < 1.29 is 14.0 Å². The lowest BCUT2D eigenvalue weighted by Gasteiger charge is -2.07. The number of carbonyl (C=O) groups is 2. The van der Waals surface area contributed by atoms with Crippen LogP contribution in [0.1, 0.15) is 27.4 Å². The van der Waals surface area contributed by atoms with Gasteiger partial charge in [-0.25, -0.2) is 4.98 Å². The van der Waals surface area contributed by atoms with Gasteiger partial charge in [-0.3, -0.25) is 9.59 Å². The number of hydrogen-bond acceptors (Lipinski definition) is 4. The Bertz CT molecular complexity index is 1420. The van der Waals surface area contributed by atoms with Crippen molar-refractivity contribution >= 4 is 40.8 Å². The van der Waals surface area contributed by atoms with E-state index in [4.69, 9.17) is 16.0 Å². The van der Waals surface area contributed by atoms with Crippen LogP contribution in [0.5, 0.6) is 0 Å². The van der Waals surface area contributed by atoms with E-state index in [9.17, 15) is 9.59 Å². The van der Waals surface area contributed by atoms with Crippen LogP contribution in [0.2, 0.25) is 5.02 Å². The second kappa shape index (κ2) is 8.44. The fraction of sp³-hybridized carbons (Fsp3) is 0.0800. The normalized spacial score (nSPS) is 13.8. The molecule has 0 aliphatic carbocycles. The third kappa shape index (κ3) is 4.18. The quantitative estimate of drug-likeness (QED) is 0.422. The van der Waals surface area contributed by atoms with Gasteiger partial charge in [0.25, 0.3) is 11.8 Å². The zero-order valence-corrected chi connectivity index (χ0v) is 18.4. The van der Waals surface area contributed by atoms with Crippen molar-refractivity contribution in [3.63, 3.8) is 0 Å². The van der Waals surface area contributed by atoms with Gasteiger partial charge < -0.3 is 19.6 Å². The Morgan fingerprint density at radius 1 is 1.21 bits per heavy atom. The molecule has 0 radical (unpaired) electrons. The van der Waals surface area contributed by atoms with Gasteiger partial charge in [-0.05, 0) is 48.5 Å². The Kier molecular flexibility index (Phi) is 5.32. The molecule has 0 saturated heterocycles. The molecule has 164 valence electrons. The van der Waals surface area contributed by atoms with Crippen LogP contribution in [0.15, 0.2) is 71.5 Å². The molecule has 8 heteroatoms. The first-order valence-electron chi connectivity index (χ1n) is 10.2. The van der Waals surface area contributed by atoms with Gasteiger partial charge in [0.1, 0.15) is 11.5 Å². The third-order valence-corrected chi connectivity index (χ3v) is 5.67. The number of fused-ring (bicyclic) bond motifs is 1. The molecule has 1 aliphatic heterocycles. The molecular formula is C25H19ClN4O3. The largest absolute Gasteiger partial charge is 0.457 e. The van der Waals surface area contributed by atoms with Gasteiger partial charge in [0.2, 0.25) is 0 Å². The third-order valence-electron chi connectivity index (χ3n) is 5.43. The predicted octanol–water partition coefficient (Wildman–Crippen LogP) is 4.76. The van der Waals surface area contributed by atoms with Crippen LogP contribution in [0.25, 0.3) is 23.0 Å². The van der Waals surface area contributed by atoms with Crippen LogP contribution < -0.4 is 10.6 Å². The lowest BCUT2D eigenvalue weighted by atomic mass is 10.1. The van der Waals surface area contributed by atoms with Crippen LogP contribution in [-0.2, 0) is 18.4 Å². The number of hydrogen-bond donors (Lipinski definition) is 2. The van der Waals surface area contributed by atoms with Gasteiger partial charge >= 0.3 is 0 Å². The molecule has 0 spiro atoms. The average Bonchev–Trinajstić information content (AvgIpc) is 3.52. The molecule has 0 unspecified atom stereocenters. The number of aryl methyl sites for hydroxylation is 1. The monoisotopic (exact) mass is 458 g/mol. The van der Waals surface area contributed by atoms with Crippen LogP contribution in [-0.4, -0.2) is 21.4 Å². The molecule has 7 nitrogen and oxygen atoms in total. The summed E-state index contributed by atoms with van der Waals surface area (Å²) in [7, 11) is 1.88. The number of imidazole rings is 1. The fourth-order valence-corrected chi connectivity index (χ4v) is 3.85. The highest BCUT2D eigenvalue weighted by Crippen LogP contribution is 2.35. The summed E-state index contributed by atoms with van der Waals surface area (Å²) in [6.07, 6.45) is 5.09. The van der Waals surface area contributed by atoms with Crippen LogP contribution in [0, 0.1) is 0 Å². The maximum absolute atomic E-state index is 12.6. The molecule has 0 atom stereocenters. The Balaban J connectivity index is 1.36. The molecule has 2 aromatic heterocycles. The first-order valence-corrected chi connectivity index (χ1v) is 10.6. The van der Waals surface area contributed by atoms with Crippen LogP contribution in [0.3, 0.4) is 0 Å². The van der Waals surface area contributed by atoms with Crippen LogP contribution in [0.4, 0.5) is 5.69 Å². The van der Waals surface area contributed by atoms with Crippen molar-refractivity contribution in [1.29, 1.82) is 0 Å².